The van der Waals surface area contributed by atoms with E-state index in [4.69, 9.17) is 0 Å². The van der Waals surface area contributed by atoms with Crippen molar-refractivity contribution in [2.75, 3.05) is 4.31 Å². The number of carboxylic acids is 1. The molecule has 0 aliphatic heterocycles. The first kappa shape index (κ1) is 18.2. The molecule has 0 bridgehead atoms. The fourth-order valence-corrected chi connectivity index (χ4v) is 4.28. The smallest absolute Gasteiger partial charge is 0.348 e. The monoisotopic (exact) mass is 391 g/mol. The van der Waals surface area contributed by atoms with Crippen LogP contribution in [0.3, 0.4) is 0 Å². The second kappa shape index (κ2) is 7.36. The number of carboxylic acid groups (broad SMARTS) is 1. The minimum Gasteiger partial charge on any atom is -0.477 e. The van der Waals surface area contributed by atoms with Crippen LogP contribution in [0.4, 0.5) is 15.8 Å². The van der Waals surface area contributed by atoms with E-state index >= 15 is 0 Å². The molecule has 0 saturated heterocycles. The minimum atomic E-state index is -2.49. The molecule has 8 heteroatoms. The van der Waals surface area contributed by atoms with Crippen LogP contribution < -0.4 is 4.31 Å². The lowest BCUT2D eigenvalue weighted by Crippen LogP contribution is -2.21. The summed E-state index contributed by atoms with van der Waals surface area (Å²) in [4.78, 5) is 12.1. The Balaban J connectivity index is 2.20. The number of carbonyl (C=O) groups is 1. The zero-order chi connectivity index (χ0) is 18.8. The topological polar surface area (TPSA) is 77.8 Å². The van der Waals surface area contributed by atoms with Gasteiger partial charge in [-0.3, -0.25) is 4.55 Å². The van der Waals surface area contributed by atoms with E-state index < -0.39 is 23.1 Å². The summed E-state index contributed by atoms with van der Waals surface area (Å²) in [5.41, 5.74) is 1.71. The summed E-state index contributed by atoms with van der Waals surface area (Å²) >= 11 is -1.57. The molecule has 5 nitrogen and oxygen atoms in total. The number of aryl methyl sites for hydroxylation is 1. The molecule has 3 aromatic rings. The Morgan fingerprint density at radius 1 is 1.12 bits per heavy atom. The molecule has 3 rings (SSSR count). The average molecular weight is 391 g/mol. The van der Waals surface area contributed by atoms with Crippen LogP contribution >= 0.6 is 11.3 Å². The van der Waals surface area contributed by atoms with Crippen molar-refractivity contribution >= 4 is 39.9 Å². The van der Waals surface area contributed by atoms with E-state index in [2.05, 4.69) is 0 Å². The second-order valence-electron chi connectivity index (χ2n) is 5.45. The zero-order valence-corrected chi connectivity index (χ0v) is 15.2. The van der Waals surface area contributed by atoms with Crippen molar-refractivity contribution in [2.45, 2.75) is 6.92 Å². The third-order valence-corrected chi connectivity index (χ3v) is 5.59. The number of halogens is 1. The van der Waals surface area contributed by atoms with Crippen molar-refractivity contribution in [1.29, 1.82) is 0 Å². The summed E-state index contributed by atoms with van der Waals surface area (Å²) in [6, 6.07) is 14.1. The van der Waals surface area contributed by atoms with E-state index in [0.717, 1.165) is 15.6 Å². The fraction of sp³-hybridized carbons (Fsp3) is 0.0556. The first-order valence-electron chi connectivity index (χ1n) is 7.48. The Hall–Kier alpha value is -2.55. The molecule has 1 atom stereocenters. The molecule has 134 valence electrons. The number of hydrogen-bond acceptors (Lipinski definition) is 3. The Bertz CT molecular complexity index is 1000. The largest absolute Gasteiger partial charge is 0.477 e. The molecule has 0 aliphatic carbocycles. The van der Waals surface area contributed by atoms with E-state index in [0.29, 0.717) is 21.7 Å². The van der Waals surface area contributed by atoms with Gasteiger partial charge >= 0.3 is 5.97 Å². The minimum absolute atomic E-state index is 0.0805. The van der Waals surface area contributed by atoms with Crippen molar-refractivity contribution in [1.82, 2.24) is 0 Å². The number of aromatic carboxylic acids is 1. The Labute approximate surface area is 155 Å². The normalized spacial score (nSPS) is 12.0. The lowest BCUT2D eigenvalue weighted by molar-refractivity contribution is 0.0703. The van der Waals surface area contributed by atoms with E-state index in [1.54, 1.807) is 37.3 Å². The molecule has 1 heterocycles. The first-order valence-corrected chi connectivity index (χ1v) is 9.36. The SMILES string of the molecule is Cc1ccccc1N(c1cc(-c2cccc(F)c2)sc1C(=O)O)S(=O)O. The van der Waals surface area contributed by atoms with Crippen LogP contribution in [0.1, 0.15) is 15.2 Å². The average Bonchev–Trinajstić information content (AvgIpc) is 3.02. The van der Waals surface area contributed by atoms with E-state index in [1.165, 1.54) is 24.3 Å². The van der Waals surface area contributed by atoms with Crippen molar-refractivity contribution in [2.24, 2.45) is 0 Å². The molecule has 1 aromatic heterocycles. The number of hydrogen-bond donors (Lipinski definition) is 2. The van der Waals surface area contributed by atoms with Gasteiger partial charge in [-0.2, -0.15) is 0 Å². The van der Waals surface area contributed by atoms with Crippen LogP contribution in [-0.4, -0.2) is 19.8 Å². The third-order valence-electron chi connectivity index (χ3n) is 3.73. The van der Waals surface area contributed by atoms with Gasteiger partial charge in [0.1, 0.15) is 10.7 Å². The molecule has 26 heavy (non-hydrogen) atoms. The van der Waals surface area contributed by atoms with Crippen LogP contribution in [0.25, 0.3) is 10.4 Å². The Morgan fingerprint density at radius 2 is 1.85 bits per heavy atom. The van der Waals surface area contributed by atoms with Crippen LogP contribution in [0.2, 0.25) is 0 Å². The number of thiophene rings is 1. The maximum atomic E-state index is 13.5. The predicted octanol–water partition coefficient (Wildman–Crippen LogP) is 4.84. The number of nitrogens with zero attached hydrogens (tertiary/aromatic N) is 1. The molecule has 0 spiro atoms. The number of anilines is 2. The third kappa shape index (κ3) is 3.52. The van der Waals surface area contributed by atoms with Gasteiger partial charge in [-0.25, -0.2) is 17.7 Å². The summed E-state index contributed by atoms with van der Waals surface area (Å²) in [5, 5.41) is 9.56. The Morgan fingerprint density at radius 3 is 2.46 bits per heavy atom. The summed E-state index contributed by atoms with van der Waals surface area (Å²) < 4.78 is 36.4. The molecule has 0 radical (unpaired) electrons. The van der Waals surface area contributed by atoms with Gasteiger partial charge < -0.3 is 5.11 Å². The lowest BCUT2D eigenvalue weighted by Gasteiger charge is -2.21. The summed E-state index contributed by atoms with van der Waals surface area (Å²) in [5.74, 6) is -1.67. The molecule has 0 fully saturated rings. The van der Waals surface area contributed by atoms with Crippen LogP contribution in [0.15, 0.2) is 54.6 Å². The van der Waals surface area contributed by atoms with Gasteiger partial charge in [0.05, 0.1) is 11.4 Å². The predicted molar refractivity (Wildman–Crippen MR) is 101 cm³/mol. The summed E-state index contributed by atoms with van der Waals surface area (Å²) in [7, 11) is 0. The van der Waals surface area contributed by atoms with Crippen molar-refractivity contribution in [3.05, 3.63) is 70.9 Å². The van der Waals surface area contributed by atoms with Gasteiger partial charge in [0.2, 0.25) is 0 Å². The highest BCUT2D eigenvalue weighted by Crippen LogP contribution is 2.41. The van der Waals surface area contributed by atoms with Crippen molar-refractivity contribution in [3.63, 3.8) is 0 Å². The van der Waals surface area contributed by atoms with Gasteiger partial charge in [-0.15, -0.1) is 11.3 Å². The number of para-hydroxylation sites is 1. The zero-order valence-electron chi connectivity index (χ0n) is 13.5. The quantitative estimate of drug-likeness (QED) is 0.611. The van der Waals surface area contributed by atoms with Crippen molar-refractivity contribution < 1.29 is 23.1 Å². The van der Waals surface area contributed by atoms with Crippen LogP contribution in [-0.2, 0) is 11.3 Å². The Kier molecular flexibility index (Phi) is 5.17. The second-order valence-corrected chi connectivity index (χ2v) is 7.33. The first-order chi connectivity index (χ1) is 12.4. The molecular weight excluding hydrogens is 377 g/mol. The summed E-state index contributed by atoms with van der Waals surface area (Å²) in [6.07, 6.45) is 0. The molecule has 0 saturated carbocycles. The molecule has 2 aromatic carbocycles. The molecular formula is C18H14FNO4S2. The fourth-order valence-electron chi connectivity index (χ4n) is 2.56. The highest BCUT2D eigenvalue weighted by Gasteiger charge is 2.26. The van der Waals surface area contributed by atoms with Crippen molar-refractivity contribution in [3.8, 4) is 10.4 Å². The van der Waals surface area contributed by atoms with Gasteiger partial charge in [-0.1, -0.05) is 30.3 Å². The van der Waals surface area contributed by atoms with Gasteiger partial charge in [0, 0.05) is 4.88 Å². The van der Waals surface area contributed by atoms with Gasteiger partial charge in [0.25, 0.3) is 11.3 Å². The molecule has 1 unspecified atom stereocenters. The molecule has 0 amide bonds. The number of benzene rings is 2. The standard InChI is InChI=1S/C18H14FNO4S2/c1-11-5-2-3-8-14(11)20(26(23)24)15-10-16(25-17(15)18(21)22)12-6-4-7-13(19)9-12/h2-10H,1H3,(H,21,22)(H,23,24). The van der Waals surface area contributed by atoms with E-state index in [1.807, 2.05) is 0 Å². The van der Waals surface area contributed by atoms with E-state index in [9.17, 15) is 23.1 Å². The maximum Gasteiger partial charge on any atom is 0.348 e. The molecule has 2 N–H and O–H groups in total. The lowest BCUT2D eigenvalue weighted by atomic mass is 10.1. The van der Waals surface area contributed by atoms with Gasteiger partial charge in [0.15, 0.2) is 0 Å². The maximum absolute atomic E-state index is 13.5. The molecule has 0 aliphatic rings. The van der Waals surface area contributed by atoms with Crippen LogP contribution in [0, 0.1) is 12.7 Å². The van der Waals surface area contributed by atoms with E-state index in [-0.39, 0.29) is 10.6 Å². The number of rotatable bonds is 5. The van der Waals surface area contributed by atoms with Crippen LogP contribution in [0.5, 0.6) is 0 Å². The highest BCUT2D eigenvalue weighted by atomic mass is 32.2. The summed E-state index contributed by atoms with van der Waals surface area (Å²) in [6.45, 7) is 1.76. The van der Waals surface area contributed by atoms with Gasteiger partial charge in [-0.05, 0) is 42.3 Å². The highest BCUT2D eigenvalue weighted by molar-refractivity contribution is 7.81.